The van der Waals surface area contributed by atoms with Gasteiger partial charge in [0.2, 0.25) is 0 Å². The maximum absolute atomic E-state index is 9.01. The lowest BCUT2D eigenvalue weighted by atomic mass is 10.1. The van der Waals surface area contributed by atoms with E-state index >= 15 is 0 Å². The van der Waals surface area contributed by atoms with Crippen molar-refractivity contribution < 1.29 is 5.11 Å². The van der Waals surface area contributed by atoms with Gasteiger partial charge in [0.05, 0.1) is 6.61 Å². The first-order valence-electron chi connectivity index (χ1n) is 6.67. The Morgan fingerprint density at radius 1 is 1.05 bits per heavy atom. The molecular weight excluding hydrogens is 234 g/mol. The van der Waals surface area contributed by atoms with Crippen LogP contribution in [0.1, 0.15) is 35.2 Å². The molecule has 0 saturated heterocycles. The van der Waals surface area contributed by atoms with Crippen LogP contribution in [0.2, 0.25) is 0 Å². The van der Waals surface area contributed by atoms with Crippen LogP contribution in [0, 0.1) is 6.92 Å². The number of rotatable bonds is 5. The molecule has 2 N–H and O–H groups in total. The van der Waals surface area contributed by atoms with Gasteiger partial charge in [-0.1, -0.05) is 54.1 Å². The molecule has 0 aliphatic carbocycles. The number of nitrogens with one attached hydrogen (secondary N) is 1. The second-order valence-corrected chi connectivity index (χ2v) is 4.99. The fourth-order valence-electron chi connectivity index (χ4n) is 2.09. The number of hydrogen-bond acceptors (Lipinski definition) is 2. The van der Waals surface area contributed by atoms with Gasteiger partial charge in [-0.25, -0.2) is 0 Å². The summed E-state index contributed by atoms with van der Waals surface area (Å²) in [4.78, 5) is 0. The number of aliphatic hydroxyl groups excluding tert-OH is 1. The Bertz CT molecular complexity index is 519. The van der Waals surface area contributed by atoms with Crippen molar-refractivity contribution in [1.29, 1.82) is 0 Å². The molecule has 0 aliphatic heterocycles. The zero-order chi connectivity index (χ0) is 13.7. The molecule has 0 saturated carbocycles. The lowest BCUT2D eigenvalue weighted by Gasteiger charge is -2.15. The van der Waals surface area contributed by atoms with E-state index in [0.29, 0.717) is 6.04 Å². The van der Waals surface area contributed by atoms with Crippen LogP contribution in [0.15, 0.2) is 48.5 Å². The lowest BCUT2D eigenvalue weighted by molar-refractivity contribution is 0.282. The minimum atomic E-state index is 0.105. The molecule has 0 radical (unpaired) electrons. The van der Waals surface area contributed by atoms with Crippen LogP contribution in [-0.2, 0) is 13.2 Å². The van der Waals surface area contributed by atoms with E-state index < -0.39 is 0 Å². The zero-order valence-electron chi connectivity index (χ0n) is 11.6. The van der Waals surface area contributed by atoms with E-state index in [1.807, 2.05) is 12.1 Å². The monoisotopic (exact) mass is 255 g/mol. The van der Waals surface area contributed by atoms with Gasteiger partial charge in [-0.3, -0.25) is 0 Å². The topological polar surface area (TPSA) is 32.3 Å². The van der Waals surface area contributed by atoms with E-state index in [-0.39, 0.29) is 6.61 Å². The molecule has 100 valence electrons. The van der Waals surface area contributed by atoms with Crippen molar-refractivity contribution in [2.24, 2.45) is 0 Å². The van der Waals surface area contributed by atoms with E-state index in [0.717, 1.165) is 12.1 Å². The molecule has 0 heterocycles. The smallest absolute Gasteiger partial charge is 0.0681 e. The van der Waals surface area contributed by atoms with Crippen LogP contribution in [0.3, 0.4) is 0 Å². The molecule has 2 aromatic rings. The molecule has 2 rings (SSSR count). The quantitative estimate of drug-likeness (QED) is 0.859. The Hall–Kier alpha value is -1.64. The second-order valence-electron chi connectivity index (χ2n) is 4.99. The molecule has 0 aliphatic rings. The predicted molar refractivity (Wildman–Crippen MR) is 78.8 cm³/mol. The van der Waals surface area contributed by atoms with Gasteiger partial charge < -0.3 is 10.4 Å². The first-order valence-corrected chi connectivity index (χ1v) is 6.67. The average Bonchev–Trinajstić information content (AvgIpc) is 2.45. The maximum atomic E-state index is 9.01. The Balaban J connectivity index is 1.94. The molecular formula is C17H21NO. The molecule has 2 heteroatoms. The molecule has 0 amide bonds. The van der Waals surface area contributed by atoms with Crippen LogP contribution in [0.5, 0.6) is 0 Å². The summed E-state index contributed by atoms with van der Waals surface area (Å²) in [5.41, 5.74) is 4.79. The minimum absolute atomic E-state index is 0.105. The van der Waals surface area contributed by atoms with E-state index in [4.69, 9.17) is 5.11 Å². The minimum Gasteiger partial charge on any atom is -0.392 e. The first kappa shape index (κ1) is 13.8. The molecule has 2 aromatic carbocycles. The van der Waals surface area contributed by atoms with E-state index in [1.165, 1.54) is 16.7 Å². The van der Waals surface area contributed by atoms with Crippen molar-refractivity contribution in [1.82, 2.24) is 5.32 Å². The Morgan fingerprint density at radius 2 is 1.74 bits per heavy atom. The summed E-state index contributed by atoms with van der Waals surface area (Å²) in [5.74, 6) is 0. The lowest BCUT2D eigenvalue weighted by Crippen LogP contribution is -2.18. The standard InChI is InChI=1S/C17H21NO/c1-13-4-3-5-17(10-13)14(2)18-11-15-6-8-16(12-19)9-7-15/h3-10,14,18-19H,11-12H2,1-2H3. The highest BCUT2D eigenvalue weighted by molar-refractivity contribution is 5.25. The normalized spacial score (nSPS) is 12.4. The molecule has 19 heavy (non-hydrogen) atoms. The van der Waals surface area contributed by atoms with Crippen LogP contribution in [0.4, 0.5) is 0 Å². The van der Waals surface area contributed by atoms with Crippen molar-refractivity contribution in [2.45, 2.75) is 33.0 Å². The summed E-state index contributed by atoms with van der Waals surface area (Å²) < 4.78 is 0. The third-order valence-electron chi connectivity index (χ3n) is 3.36. The van der Waals surface area contributed by atoms with Crippen molar-refractivity contribution in [3.05, 3.63) is 70.8 Å². The number of benzene rings is 2. The number of hydrogen-bond donors (Lipinski definition) is 2. The summed E-state index contributed by atoms with van der Waals surface area (Å²) in [7, 11) is 0. The largest absolute Gasteiger partial charge is 0.392 e. The highest BCUT2D eigenvalue weighted by atomic mass is 16.3. The summed E-state index contributed by atoms with van der Waals surface area (Å²) in [5, 5.41) is 12.5. The number of aliphatic hydroxyl groups is 1. The third-order valence-corrected chi connectivity index (χ3v) is 3.36. The van der Waals surface area contributed by atoms with Crippen molar-refractivity contribution >= 4 is 0 Å². The molecule has 0 aromatic heterocycles. The van der Waals surface area contributed by atoms with Gasteiger partial charge in [0.1, 0.15) is 0 Å². The maximum Gasteiger partial charge on any atom is 0.0681 e. The highest BCUT2D eigenvalue weighted by Gasteiger charge is 2.04. The van der Waals surface area contributed by atoms with Gasteiger partial charge in [0.25, 0.3) is 0 Å². The van der Waals surface area contributed by atoms with Crippen LogP contribution >= 0.6 is 0 Å². The van der Waals surface area contributed by atoms with Gasteiger partial charge >= 0.3 is 0 Å². The van der Waals surface area contributed by atoms with Gasteiger partial charge in [-0.15, -0.1) is 0 Å². The number of aryl methyl sites for hydroxylation is 1. The molecule has 0 bridgehead atoms. The molecule has 1 atom stereocenters. The van der Waals surface area contributed by atoms with Crippen molar-refractivity contribution in [3.63, 3.8) is 0 Å². The van der Waals surface area contributed by atoms with Crippen molar-refractivity contribution in [3.8, 4) is 0 Å². The van der Waals surface area contributed by atoms with Gasteiger partial charge in [-0.05, 0) is 30.5 Å². The van der Waals surface area contributed by atoms with Crippen LogP contribution in [0.25, 0.3) is 0 Å². The fraction of sp³-hybridized carbons (Fsp3) is 0.294. The van der Waals surface area contributed by atoms with E-state index in [2.05, 4.69) is 55.6 Å². The Kier molecular flexibility index (Phi) is 4.72. The third kappa shape index (κ3) is 3.91. The Morgan fingerprint density at radius 3 is 2.37 bits per heavy atom. The first-order chi connectivity index (χ1) is 9.19. The average molecular weight is 255 g/mol. The van der Waals surface area contributed by atoms with Gasteiger partial charge in [0.15, 0.2) is 0 Å². The zero-order valence-corrected chi connectivity index (χ0v) is 11.6. The summed E-state index contributed by atoms with van der Waals surface area (Å²) in [6.07, 6.45) is 0. The Labute approximate surface area is 115 Å². The van der Waals surface area contributed by atoms with Crippen LogP contribution < -0.4 is 5.32 Å². The van der Waals surface area contributed by atoms with E-state index in [9.17, 15) is 0 Å². The summed E-state index contributed by atoms with van der Waals surface area (Å²) in [6.45, 7) is 5.23. The molecule has 0 fully saturated rings. The summed E-state index contributed by atoms with van der Waals surface area (Å²) in [6, 6.07) is 17.0. The molecule has 1 unspecified atom stereocenters. The summed E-state index contributed by atoms with van der Waals surface area (Å²) >= 11 is 0. The predicted octanol–water partition coefficient (Wildman–Crippen LogP) is 3.34. The fourth-order valence-corrected chi connectivity index (χ4v) is 2.09. The van der Waals surface area contributed by atoms with Gasteiger partial charge in [-0.2, -0.15) is 0 Å². The molecule has 2 nitrogen and oxygen atoms in total. The highest BCUT2D eigenvalue weighted by Crippen LogP contribution is 2.14. The van der Waals surface area contributed by atoms with Crippen LogP contribution in [-0.4, -0.2) is 5.11 Å². The second kappa shape index (κ2) is 6.50. The molecule has 0 spiro atoms. The van der Waals surface area contributed by atoms with Crippen molar-refractivity contribution in [2.75, 3.05) is 0 Å². The van der Waals surface area contributed by atoms with E-state index in [1.54, 1.807) is 0 Å². The SMILES string of the molecule is Cc1cccc(C(C)NCc2ccc(CO)cc2)c1. The van der Waals surface area contributed by atoms with Gasteiger partial charge in [0, 0.05) is 12.6 Å².